The van der Waals surface area contributed by atoms with Gasteiger partial charge in [-0.2, -0.15) is 4.37 Å². The Morgan fingerprint density at radius 2 is 2.31 bits per heavy atom. The van der Waals surface area contributed by atoms with E-state index < -0.39 is 17.8 Å². The van der Waals surface area contributed by atoms with E-state index in [4.69, 9.17) is 9.84 Å². The van der Waals surface area contributed by atoms with Crippen molar-refractivity contribution in [1.29, 1.82) is 0 Å². The number of amides is 1. The predicted octanol–water partition coefficient (Wildman–Crippen LogP) is 0.344. The zero-order valence-electron chi connectivity index (χ0n) is 8.76. The lowest BCUT2D eigenvalue weighted by Gasteiger charge is -2.04. The highest BCUT2D eigenvalue weighted by Gasteiger charge is 2.21. The fourth-order valence-electron chi connectivity index (χ4n) is 0.818. The number of carboxylic acid groups (broad SMARTS) is 1. The number of rotatable bonds is 5. The Morgan fingerprint density at radius 3 is 2.88 bits per heavy atom. The minimum absolute atomic E-state index is 0.251. The summed E-state index contributed by atoms with van der Waals surface area (Å²) in [5.41, 5.74) is 0. The molecule has 8 heteroatoms. The van der Waals surface area contributed by atoms with Gasteiger partial charge in [-0.05, 0) is 6.92 Å². The Hall–Kier alpha value is -1.54. The van der Waals surface area contributed by atoms with Crippen molar-refractivity contribution in [2.24, 2.45) is 5.92 Å². The van der Waals surface area contributed by atoms with Crippen LogP contribution in [0.3, 0.4) is 0 Å². The molecule has 16 heavy (non-hydrogen) atoms. The van der Waals surface area contributed by atoms with Crippen LogP contribution in [0.1, 0.15) is 12.7 Å². The first-order valence-corrected chi connectivity index (χ1v) is 5.17. The maximum Gasteiger partial charge on any atom is 0.315 e. The summed E-state index contributed by atoms with van der Waals surface area (Å²) < 4.78 is 8.71. The number of nitrogens with zero attached hydrogens (tertiary/aromatic N) is 2. The molecule has 0 radical (unpaired) electrons. The van der Waals surface area contributed by atoms with Crippen molar-refractivity contribution >= 4 is 28.5 Å². The van der Waals surface area contributed by atoms with Crippen LogP contribution in [0.4, 0.5) is 5.13 Å². The van der Waals surface area contributed by atoms with E-state index in [1.54, 1.807) is 0 Å². The first-order chi connectivity index (χ1) is 7.54. The number of ether oxygens (including phenoxy) is 1. The second kappa shape index (κ2) is 5.52. The van der Waals surface area contributed by atoms with Gasteiger partial charge in [-0.1, -0.05) is 0 Å². The highest BCUT2D eigenvalue weighted by molar-refractivity contribution is 7.09. The van der Waals surface area contributed by atoms with Gasteiger partial charge in [0.2, 0.25) is 11.0 Å². The molecule has 0 bridgehead atoms. The van der Waals surface area contributed by atoms with Crippen molar-refractivity contribution < 1.29 is 19.4 Å². The van der Waals surface area contributed by atoms with Gasteiger partial charge < -0.3 is 9.84 Å². The van der Waals surface area contributed by atoms with Gasteiger partial charge in [0.25, 0.3) is 0 Å². The van der Waals surface area contributed by atoms with Crippen molar-refractivity contribution in [3.8, 4) is 0 Å². The smallest absolute Gasteiger partial charge is 0.315 e. The molecule has 0 spiro atoms. The summed E-state index contributed by atoms with van der Waals surface area (Å²) in [6.07, 6.45) is 0. The SMILES string of the molecule is COCc1nsc(NC(=O)C(C)C(=O)O)n1. The molecule has 1 heterocycles. The molecule has 1 unspecified atom stereocenters. The van der Waals surface area contributed by atoms with Gasteiger partial charge >= 0.3 is 5.97 Å². The van der Waals surface area contributed by atoms with Crippen molar-refractivity contribution in [2.45, 2.75) is 13.5 Å². The van der Waals surface area contributed by atoms with Crippen LogP contribution >= 0.6 is 11.5 Å². The van der Waals surface area contributed by atoms with E-state index in [-0.39, 0.29) is 11.7 Å². The maximum atomic E-state index is 11.3. The highest BCUT2D eigenvalue weighted by atomic mass is 32.1. The number of carboxylic acids is 1. The van der Waals surface area contributed by atoms with E-state index in [9.17, 15) is 9.59 Å². The number of nitrogens with one attached hydrogen (secondary N) is 1. The average molecular weight is 245 g/mol. The van der Waals surface area contributed by atoms with Gasteiger partial charge in [0, 0.05) is 18.6 Å². The first kappa shape index (κ1) is 12.5. The van der Waals surface area contributed by atoms with E-state index >= 15 is 0 Å². The summed E-state index contributed by atoms with van der Waals surface area (Å²) in [6, 6.07) is 0. The van der Waals surface area contributed by atoms with Crippen LogP contribution in [-0.4, -0.2) is 33.5 Å². The van der Waals surface area contributed by atoms with Crippen LogP contribution in [0.5, 0.6) is 0 Å². The van der Waals surface area contributed by atoms with Crippen LogP contribution in [0, 0.1) is 5.92 Å². The molecule has 1 aromatic heterocycles. The summed E-state index contributed by atoms with van der Waals surface area (Å²) in [4.78, 5) is 25.8. The molecular formula is C8H11N3O4S. The number of carbonyl (C=O) groups is 2. The number of hydrogen-bond donors (Lipinski definition) is 2. The lowest BCUT2D eigenvalue weighted by atomic mass is 10.2. The van der Waals surface area contributed by atoms with Gasteiger partial charge in [-0.25, -0.2) is 4.98 Å². The zero-order chi connectivity index (χ0) is 12.1. The summed E-state index contributed by atoms with van der Waals surface area (Å²) in [5.74, 6) is -2.47. The molecule has 0 aliphatic rings. The number of methoxy groups -OCH3 is 1. The Morgan fingerprint density at radius 1 is 1.62 bits per heavy atom. The molecule has 0 saturated carbocycles. The molecule has 1 amide bonds. The number of aliphatic carboxylic acids is 1. The van der Waals surface area contributed by atoms with Crippen molar-refractivity contribution in [3.05, 3.63) is 5.82 Å². The number of hydrogen-bond acceptors (Lipinski definition) is 6. The normalized spacial score (nSPS) is 12.1. The number of anilines is 1. The Bertz CT molecular complexity index is 392. The lowest BCUT2D eigenvalue weighted by molar-refractivity contribution is -0.144. The molecule has 0 aliphatic heterocycles. The second-order valence-electron chi connectivity index (χ2n) is 3.00. The summed E-state index contributed by atoms with van der Waals surface area (Å²) in [6.45, 7) is 1.55. The average Bonchev–Trinajstić information content (AvgIpc) is 2.65. The van der Waals surface area contributed by atoms with Gasteiger partial charge in [0.1, 0.15) is 12.5 Å². The molecule has 0 fully saturated rings. The quantitative estimate of drug-likeness (QED) is 0.725. The summed E-state index contributed by atoms with van der Waals surface area (Å²) >= 11 is 0.981. The molecule has 88 valence electrons. The van der Waals surface area contributed by atoms with Gasteiger partial charge in [-0.3, -0.25) is 14.9 Å². The van der Waals surface area contributed by atoms with Crippen LogP contribution in [0.25, 0.3) is 0 Å². The predicted molar refractivity (Wildman–Crippen MR) is 56.1 cm³/mol. The van der Waals surface area contributed by atoms with Crippen LogP contribution in [-0.2, 0) is 20.9 Å². The van der Waals surface area contributed by atoms with Gasteiger partial charge in [0.15, 0.2) is 5.82 Å². The summed E-state index contributed by atoms with van der Waals surface area (Å²) in [5, 5.41) is 11.2. The minimum atomic E-state index is -1.18. The molecule has 0 aliphatic carbocycles. The topological polar surface area (TPSA) is 101 Å². The largest absolute Gasteiger partial charge is 0.481 e. The maximum absolute atomic E-state index is 11.3. The van der Waals surface area contributed by atoms with E-state index in [0.717, 1.165) is 11.5 Å². The van der Waals surface area contributed by atoms with E-state index in [1.165, 1.54) is 14.0 Å². The third-order valence-electron chi connectivity index (χ3n) is 1.74. The first-order valence-electron chi connectivity index (χ1n) is 4.39. The third-order valence-corrected chi connectivity index (χ3v) is 2.40. The number of aromatic nitrogens is 2. The molecule has 7 nitrogen and oxygen atoms in total. The monoisotopic (exact) mass is 245 g/mol. The standard InChI is InChI=1S/C8H11N3O4S/c1-4(7(13)14)6(12)10-8-9-5(3-15-2)11-16-8/h4H,3H2,1-2H3,(H,13,14)(H,9,10,11,12). The highest BCUT2D eigenvalue weighted by Crippen LogP contribution is 2.12. The molecule has 2 N–H and O–H groups in total. The van der Waals surface area contributed by atoms with Gasteiger partial charge in [0.05, 0.1) is 0 Å². The molecule has 1 atom stereocenters. The Kier molecular flexibility index (Phi) is 4.32. The molecule has 1 aromatic rings. The fraction of sp³-hybridized carbons (Fsp3) is 0.500. The zero-order valence-corrected chi connectivity index (χ0v) is 9.58. The summed E-state index contributed by atoms with van der Waals surface area (Å²) in [7, 11) is 1.51. The van der Waals surface area contributed by atoms with Crippen LogP contribution < -0.4 is 5.32 Å². The Balaban J connectivity index is 2.59. The van der Waals surface area contributed by atoms with Crippen molar-refractivity contribution in [1.82, 2.24) is 9.36 Å². The van der Waals surface area contributed by atoms with E-state index in [2.05, 4.69) is 14.7 Å². The second-order valence-corrected chi connectivity index (χ2v) is 3.75. The number of carbonyl (C=O) groups excluding carboxylic acids is 1. The van der Waals surface area contributed by atoms with Crippen LogP contribution in [0.2, 0.25) is 0 Å². The molecule has 0 saturated heterocycles. The van der Waals surface area contributed by atoms with E-state index in [0.29, 0.717) is 5.82 Å². The molecular weight excluding hydrogens is 234 g/mol. The van der Waals surface area contributed by atoms with Crippen molar-refractivity contribution in [2.75, 3.05) is 12.4 Å². The van der Waals surface area contributed by atoms with Crippen LogP contribution in [0.15, 0.2) is 0 Å². The molecule has 0 aromatic carbocycles. The third kappa shape index (κ3) is 3.24. The van der Waals surface area contributed by atoms with Crippen molar-refractivity contribution in [3.63, 3.8) is 0 Å². The van der Waals surface area contributed by atoms with E-state index in [1.807, 2.05) is 0 Å². The lowest BCUT2D eigenvalue weighted by Crippen LogP contribution is -2.26. The fourth-order valence-corrected chi connectivity index (χ4v) is 1.40. The van der Waals surface area contributed by atoms with Gasteiger partial charge in [-0.15, -0.1) is 0 Å². The molecule has 1 rings (SSSR count). The Labute approximate surface area is 95.6 Å². The minimum Gasteiger partial charge on any atom is -0.481 e.